The minimum Gasteiger partial charge on any atom is -0.465 e. The molecule has 4 aromatic rings. The third-order valence-electron chi connectivity index (χ3n) is 6.86. The Kier molecular flexibility index (Phi) is 4.98. The van der Waals surface area contributed by atoms with E-state index >= 15 is 0 Å². The zero-order chi connectivity index (χ0) is 24.1. The first-order valence-electron chi connectivity index (χ1n) is 11.5. The minimum absolute atomic E-state index is 0.177. The summed E-state index contributed by atoms with van der Waals surface area (Å²) in [6.07, 6.45) is 9.72. The van der Waals surface area contributed by atoms with Crippen LogP contribution in [0.4, 0.5) is 0 Å². The van der Waals surface area contributed by atoms with Crippen LogP contribution in [0.5, 0.6) is 0 Å². The molecule has 9 heteroatoms. The van der Waals surface area contributed by atoms with Gasteiger partial charge in [-0.15, -0.1) is 0 Å². The van der Waals surface area contributed by atoms with Crippen LogP contribution in [0.1, 0.15) is 42.1 Å². The second-order valence-corrected chi connectivity index (χ2v) is 8.93. The molecule has 1 fully saturated rings. The Bertz CT molecular complexity index is 1570. The molecule has 3 atom stereocenters. The largest absolute Gasteiger partial charge is 0.465 e. The fourth-order valence-electron chi connectivity index (χ4n) is 5.09. The van der Waals surface area contributed by atoms with Gasteiger partial charge in [-0.05, 0) is 48.5 Å². The predicted octanol–water partition coefficient (Wildman–Crippen LogP) is 3.90. The van der Waals surface area contributed by atoms with Crippen LogP contribution >= 0.6 is 0 Å². The van der Waals surface area contributed by atoms with Gasteiger partial charge in [0.25, 0.3) is 5.56 Å². The van der Waals surface area contributed by atoms with E-state index in [0.29, 0.717) is 34.7 Å². The number of fused-ring (bicyclic) bond motifs is 2. The summed E-state index contributed by atoms with van der Waals surface area (Å²) in [5, 5.41) is 4.22. The lowest BCUT2D eigenvalue weighted by molar-refractivity contribution is 0.364. The summed E-state index contributed by atoms with van der Waals surface area (Å²) in [4.78, 5) is 25.7. The highest BCUT2D eigenvalue weighted by Gasteiger charge is 2.55. The van der Waals surface area contributed by atoms with Crippen molar-refractivity contribution in [3.8, 4) is 0 Å². The molecule has 0 aliphatic heterocycles. The van der Waals surface area contributed by atoms with Crippen molar-refractivity contribution in [1.29, 1.82) is 0 Å². The van der Waals surface area contributed by atoms with Crippen LogP contribution in [0, 0.1) is 11.8 Å². The Balaban J connectivity index is 1.17. The van der Waals surface area contributed by atoms with E-state index in [4.69, 9.17) is 9.26 Å². The molecule has 2 aliphatic carbocycles. The Morgan fingerprint density at radius 1 is 1.31 bits per heavy atom. The number of aromatic nitrogens is 6. The first kappa shape index (κ1) is 21.3. The predicted molar refractivity (Wildman–Crippen MR) is 130 cm³/mol. The number of aryl methyl sites for hydroxylation is 1. The van der Waals surface area contributed by atoms with E-state index in [9.17, 15) is 4.79 Å². The van der Waals surface area contributed by atoms with Gasteiger partial charge in [-0.2, -0.15) is 4.98 Å². The van der Waals surface area contributed by atoms with Crippen LogP contribution in [0.25, 0.3) is 22.5 Å². The molecule has 176 valence electrons. The van der Waals surface area contributed by atoms with Crippen LogP contribution in [0.2, 0.25) is 0 Å². The third kappa shape index (κ3) is 3.60. The van der Waals surface area contributed by atoms with Gasteiger partial charge in [0.15, 0.2) is 17.0 Å². The monoisotopic (exact) mass is 468 g/mol. The molecule has 1 aromatic carbocycles. The molecule has 9 nitrogen and oxygen atoms in total. The fraction of sp³-hybridized carbons (Fsp3) is 0.269. The molecular weight excluding hydrogens is 444 g/mol. The first-order chi connectivity index (χ1) is 17.1. The van der Waals surface area contributed by atoms with Crippen molar-refractivity contribution in [3.63, 3.8) is 0 Å². The SMILES string of the molecule is C=CO/C(=C\C)c1cccc(C2=C[C@H]3[C@@H](C2)[C@@H]3c2noc(Cn3cnc4ncn(C)c4c3=O)n2)c1. The number of hydrogen-bond donors (Lipinski definition) is 0. The van der Waals surface area contributed by atoms with Crippen LogP contribution in [-0.2, 0) is 18.3 Å². The quantitative estimate of drug-likeness (QED) is 0.379. The molecule has 6 rings (SSSR count). The number of ether oxygens (including phenoxy) is 1. The lowest BCUT2D eigenvalue weighted by atomic mass is 9.98. The topological polar surface area (TPSA) is 101 Å². The molecule has 0 N–H and O–H groups in total. The van der Waals surface area contributed by atoms with E-state index in [-0.39, 0.29) is 18.0 Å². The molecule has 0 radical (unpaired) electrons. The average molecular weight is 469 g/mol. The summed E-state index contributed by atoms with van der Waals surface area (Å²) in [6.45, 7) is 5.78. The highest BCUT2D eigenvalue weighted by Crippen LogP contribution is 2.62. The van der Waals surface area contributed by atoms with E-state index in [2.05, 4.69) is 44.9 Å². The van der Waals surface area contributed by atoms with Gasteiger partial charge in [0.05, 0.1) is 12.6 Å². The molecule has 0 amide bonds. The number of rotatable bonds is 7. The van der Waals surface area contributed by atoms with E-state index in [1.165, 1.54) is 28.3 Å². The molecule has 3 aromatic heterocycles. The van der Waals surface area contributed by atoms with E-state index in [1.54, 1.807) is 17.9 Å². The fourth-order valence-corrected chi connectivity index (χ4v) is 5.09. The highest BCUT2D eigenvalue weighted by molar-refractivity contribution is 5.74. The van der Waals surface area contributed by atoms with Gasteiger partial charge in [-0.1, -0.05) is 36.0 Å². The lowest BCUT2D eigenvalue weighted by Gasteiger charge is -2.10. The summed E-state index contributed by atoms with van der Waals surface area (Å²) >= 11 is 0. The van der Waals surface area contributed by atoms with Crippen LogP contribution in [0.3, 0.4) is 0 Å². The Labute approximate surface area is 201 Å². The van der Waals surface area contributed by atoms with Crippen molar-refractivity contribution in [2.75, 3.05) is 0 Å². The van der Waals surface area contributed by atoms with Crippen molar-refractivity contribution in [2.24, 2.45) is 18.9 Å². The zero-order valence-corrected chi connectivity index (χ0v) is 19.5. The number of imidazole rings is 1. The maximum atomic E-state index is 12.8. The van der Waals surface area contributed by atoms with Crippen LogP contribution in [0.15, 0.2) is 71.2 Å². The van der Waals surface area contributed by atoms with E-state index in [0.717, 1.165) is 17.7 Å². The summed E-state index contributed by atoms with van der Waals surface area (Å²) < 4.78 is 14.1. The molecule has 2 aliphatic rings. The summed E-state index contributed by atoms with van der Waals surface area (Å²) in [6, 6.07) is 8.37. The van der Waals surface area contributed by atoms with Crippen molar-refractivity contribution < 1.29 is 9.26 Å². The van der Waals surface area contributed by atoms with Gasteiger partial charge < -0.3 is 13.8 Å². The Morgan fingerprint density at radius 2 is 2.17 bits per heavy atom. The molecule has 0 spiro atoms. The van der Waals surface area contributed by atoms with Crippen molar-refractivity contribution in [1.82, 2.24) is 29.2 Å². The van der Waals surface area contributed by atoms with Crippen LogP contribution < -0.4 is 5.56 Å². The Hall–Kier alpha value is -4.27. The number of benzene rings is 1. The molecule has 0 unspecified atom stereocenters. The first-order valence-corrected chi connectivity index (χ1v) is 11.5. The standard InChI is InChI=1S/C26H24N6O3/c1-4-20(34-5-2)16-8-6-7-15(9-16)17-10-18-19(11-17)22(18)24-29-21(35-30-24)12-32-14-28-25-23(26(32)33)31(3)13-27-25/h4-10,13-14,18-19,22H,2,11-12H2,1,3H3/b20-4-/t18-,19+,22+/m0/s1. The minimum atomic E-state index is -0.188. The van der Waals surface area contributed by atoms with Gasteiger partial charge in [0.1, 0.15) is 18.6 Å². The van der Waals surface area contributed by atoms with Gasteiger partial charge in [0.2, 0.25) is 5.89 Å². The second-order valence-electron chi connectivity index (χ2n) is 8.93. The number of nitrogens with zero attached hydrogens (tertiary/aromatic N) is 6. The summed E-state index contributed by atoms with van der Waals surface area (Å²) in [5.74, 6) is 3.02. The molecular formula is C26H24N6O3. The maximum absolute atomic E-state index is 12.8. The number of hydrogen-bond acceptors (Lipinski definition) is 7. The van der Waals surface area contributed by atoms with E-state index < -0.39 is 0 Å². The molecule has 0 saturated heterocycles. The van der Waals surface area contributed by atoms with Gasteiger partial charge in [-0.3, -0.25) is 9.36 Å². The molecule has 35 heavy (non-hydrogen) atoms. The molecule has 3 heterocycles. The van der Waals surface area contributed by atoms with E-state index in [1.807, 2.05) is 25.1 Å². The molecule has 1 saturated carbocycles. The normalized spacial score (nSPS) is 21.1. The highest BCUT2D eigenvalue weighted by atomic mass is 16.5. The van der Waals surface area contributed by atoms with Crippen molar-refractivity contribution in [2.45, 2.75) is 25.8 Å². The smallest absolute Gasteiger partial charge is 0.280 e. The van der Waals surface area contributed by atoms with Gasteiger partial charge in [0, 0.05) is 18.5 Å². The van der Waals surface area contributed by atoms with Crippen molar-refractivity contribution >= 4 is 22.5 Å². The van der Waals surface area contributed by atoms with Gasteiger partial charge in [-0.25, -0.2) is 9.97 Å². The third-order valence-corrected chi connectivity index (χ3v) is 6.86. The van der Waals surface area contributed by atoms with Gasteiger partial charge >= 0.3 is 0 Å². The zero-order valence-electron chi connectivity index (χ0n) is 19.5. The van der Waals surface area contributed by atoms with Crippen molar-refractivity contribution in [3.05, 3.63) is 95.1 Å². The number of allylic oxidation sites excluding steroid dienone is 3. The second kappa shape index (κ2) is 8.19. The summed E-state index contributed by atoms with van der Waals surface area (Å²) in [7, 11) is 1.77. The maximum Gasteiger partial charge on any atom is 0.280 e. The summed E-state index contributed by atoms with van der Waals surface area (Å²) in [5.41, 5.74) is 4.24. The van der Waals surface area contributed by atoms with Crippen LogP contribution in [-0.4, -0.2) is 29.2 Å². The average Bonchev–Trinajstić information content (AvgIpc) is 3.28. The Morgan fingerprint density at radius 3 is 2.94 bits per heavy atom. The lowest BCUT2D eigenvalue weighted by Crippen LogP contribution is -2.22. The molecule has 0 bridgehead atoms.